The number of piperazine rings is 1. The van der Waals surface area contributed by atoms with Crippen LogP contribution in [-0.2, 0) is 4.79 Å². The fourth-order valence-electron chi connectivity index (χ4n) is 3.98. The van der Waals surface area contributed by atoms with E-state index in [0.29, 0.717) is 12.0 Å². The Morgan fingerprint density at radius 2 is 1.83 bits per heavy atom. The summed E-state index contributed by atoms with van der Waals surface area (Å²) in [7, 11) is 0. The maximum atomic E-state index is 12.9. The summed E-state index contributed by atoms with van der Waals surface area (Å²) in [5.41, 5.74) is 7.81. The van der Waals surface area contributed by atoms with Crippen molar-refractivity contribution in [2.45, 2.75) is 18.5 Å². The van der Waals surface area contributed by atoms with E-state index in [2.05, 4.69) is 45.3 Å². The van der Waals surface area contributed by atoms with Gasteiger partial charge in [0.15, 0.2) is 0 Å². The minimum atomic E-state index is -0.0870. The van der Waals surface area contributed by atoms with Crippen molar-refractivity contribution in [2.24, 2.45) is 5.92 Å². The van der Waals surface area contributed by atoms with Gasteiger partial charge in [0.2, 0.25) is 5.91 Å². The van der Waals surface area contributed by atoms with Gasteiger partial charge in [0, 0.05) is 50.4 Å². The fraction of sp³-hybridized carbons (Fsp3) is 0.588. The first kappa shape index (κ1) is 14.9. The average Bonchev–Trinajstić information content (AvgIpc) is 3.06. The number of nitrogens with zero attached hydrogens (tertiary/aromatic N) is 2. The Hall–Kier alpha value is -1.63. The van der Waals surface area contributed by atoms with E-state index in [1.54, 1.807) is 0 Å². The monoisotopic (exact) mass is 315 g/mol. The summed E-state index contributed by atoms with van der Waals surface area (Å²) in [6.07, 6.45) is 1.09. The second-order valence-electron chi connectivity index (χ2n) is 6.68. The number of rotatable bonds is 2. The number of fused-ring (bicyclic) bond motifs is 1. The molecule has 0 aliphatic carbocycles. The van der Waals surface area contributed by atoms with Crippen LogP contribution in [0.3, 0.4) is 0 Å². The van der Waals surface area contributed by atoms with E-state index in [0.717, 1.165) is 45.7 Å². The van der Waals surface area contributed by atoms with Gasteiger partial charge in [-0.05, 0) is 25.1 Å². The molecule has 0 aromatic heterocycles. The third kappa shape index (κ3) is 2.94. The smallest absolute Gasteiger partial charge is 0.241 e. The highest BCUT2D eigenvalue weighted by Crippen LogP contribution is 2.22. The van der Waals surface area contributed by atoms with Gasteiger partial charge >= 0.3 is 0 Å². The summed E-state index contributed by atoms with van der Waals surface area (Å²) >= 11 is 0. The number of benzene rings is 1. The van der Waals surface area contributed by atoms with Crippen LogP contribution in [0.15, 0.2) is 30.3 Å². The van der Waals surface area contributed by atoms with Crippen molar-refractivity contribution in [1.29, 1.82) is 0 Å². The van der Waals surface area contributed by atoms with E-state index in [1.807, 2.05) is 11.0 Å². The summed E-state index contributed by atoms with van der Waals surface area (Å²) in [4.78, 5) is 17.3. The van der Waals surface area contributed by atoms with Gasteiger partial charge in [-0.25, -0.2) is 5.43 Å². The lowest BCUT2D eigenvalue weighted by Crippen LogP contribution is -2.56. The first-order valence-electron chi connectivity index (χ1n) is 8.63. The first-order chi connectivity index (χ1) is 11.3. The maximum absolute atomic E-state index is 12.9. The number of carbonyl (C=O) groups excluding carboxylic acids is 1. The van der Waals surface area contributed by atoms with E-state index in [9.17, 15) is 4.79 Å². The Bertz CT molecular complexity index is 543. The van der Waals surface area contributed by atoms with Gasteiger partial charge in [-0.3, -0.25) is 10.2 Å². The van der Waals surface area contributed by atoms with E-state index in [-0.39, 0.29) is 11.9 Å². The van der Waals surface area contributed by atoms with Crippen molar-refractivity contribution in [3.8, 4) is 0 Å². The minimum Gasteiger partial charge on any atom is -0.368 e. The molecule has 0 bridgehead atoms. The third-order valence-corrected chi connectivity index (χ3v) is 5.36. The minimum absolute atomic E-state index is 0.0870. The van der Waals surface area contributed by atoms with Crippen LogP contribution in [0.2, 0.25) is 0 Å². The van der Waals surface area contributed by atoms with Crippen LogP contribution >= 0.6 is 0 Å². The van der Waals surface area contributed by atoms with Gasteiger partial charge in [0.25, 0.3) is 0 Å². The fourth-order valence-corrected chi connectivity index (χ4v) is 3.98. The molecule has 3 saturated heterocycles. The lowest BCUT2D eigenvalue weighted by atomic mass is 9.89. The van der Waals surface area contributed by atoms with Gasteiger partial charge in [0.05, 0.1) is 0 Å². The van der Waals surface area contributed by atoms with Crippen LogP contribution in [-0.4, -0.2) is 62.2 Å². The van der Waals surface area contributed by atoms with Crippen molar-refractivity contribution in [1.82, 2.24) is 21.1 Å². The van der Waals surface area contributed by atoms with E-state index < -0.39 is 0 Å². The average molecular weight is 315 g/mol. The molecule has 0 saturated carbocycles. The molecular weight excluding hydrogens is 290 g/mol. The zero-order chi connectivity index (χ0) is 15.6. The zero-order valence-corrected chi connectivity index (χ0v) is 13.4. The summed E-state index contributed by atoms with van der Waals surface area (Å²) < 4.78 is 0. The highest BCUT2D eigenvalue weighted by molar-refractivity contribution is 5.83. The molecule has 3 aliphatic rings. The molecular formula is C17H25N5O. The topological polar surface area (TPSA) is 59.6 Å². The SMILES string of the molecule is O=C(C1NNC2CCNCC21)N1CCN(c2ccccc2)CC1. The standard InChI is InChI=1S/C17H25N5O/c23-17(16-14-12-18-7-6-15(14)19-20-16)22-10-8-21(9-11-22)13-4-2-1-3-5-13/h1-5,14-16,18-20H,6-12H2. The zero-order valence-electron chi connectivity index (χ0n) is 13.4. The lowest BCUT2D eigenvalue weighted by Gasteiger charge is -2.38. The number of carbonyl (C=O) groups is 1. The number of nitrogens with one attached hydrogen (secondary N) is 3. The normalized spacial score (nSPS) is 31.0. The summed E-state index contributed by atoms with van der Waals surface area (Å²) in [6.45, 7) is 5.37. The molecule has 3 heterocycles. The second kappa shape index (κ2) is 6.47. The summed E-state index contributed by atoms with van der Waals surface area (Å²) in [6, 6.07) is 10.8. The van der Waals surface area contributed by atoms with Crippen molar-refractivity contribution in [2.75, 3.05) is 44.2 Å². The van der Waals surface area contributed by atoms with E-state index >= 15 is 0 Å². The largest absolute Gasteiger partial charge is 0.368 e. The number of hydrazine groups is 1. The van der Waals surface area contributed by atoms with Gasteiger partial charge in [-0.2, -0.15) is 0 Å². The molecule has 1 amide bonds. The summed E-state index contributed by atoms with van der Waals surface area (Å²) in [5.74, 6) is 0.616. The first-order valence-corrected chi connectivity index (χ1v) is 8.63. The molecule has 6 heteroatoms. The van der Waals surface area contributed by atoms with E-state index in [4.69, 9.17) is 0 Å². The Labute approximate surface area is 137 Å². The molecule has 4 rings (SSSR count). The predicted octanol–water partition coefficient (Wildman–Crippen LogP) is -0.210. The predicted molar refractivity (Wildman–Crippen MR) is 90.1 cm³/mol. The Morgan fingerprint density at radius 3 is 2.61 bits per heavy atom. The molecule has 23 heavy (non-hydrogen) atoms. The van der Waals surface area contributed by atoms with Crippen LogP contribution in [0.5, 0.6) is 0 Å². The molecule has 1 aromatic carbocycles. The van der Waals surface area contributed by atoms with Crippen LogP contribution in [0, 0.1) is 5.92 Å². The quantitative estimate of drug-likeness (QED) is 0.705. The molecule has 124 valence electrons. The number of hydrogen-bond acceptors (Lipinski definition) is 5. The molecule has 6 nitrogen and oxygen atoms in total. The van der Waals surface area contributed by atoms with Crippen LogP contribution in [0.25, 0.3) is 0 Å². The van der Waals surface area contributed by atoms with Crippen molar-refractivity contribution >= 4 is 11.6 Å². The highest BCUT2D eigenvalue weighted by Gasteiger charge is 2.42. The van der Waals surface area contributed by atoms with Crippen LogP contribution in [0.1, 0.15) is 6.42 Å². The van der Waals surface area contributed by atoms with E-state index in [1.165, 1.54) is 5.69 Å². The highest BCUT2D eigenvalue weighted by atomic mass is 16.2. The number of piperidine rings is 1. The molecule has 3 aliphatic heterocycles. The Balaban J connectivity index is 1.36. The molecule has 3 atom stereocenters. The maximum Gasteiger partial charge on any atom is 0.241 e. The van der Waals surface area contributed by atoms with Crippen molar-refractivity contribution < 1.29 is 4.79 Å². The molecule has 0 spiro atoms. The lowest BCUT2D eigenvalue weighted by molar-refractivity contribution is -0.134. The van der Waals surface area contributed by atoms with Crippen LogP contribution < -0.4 is 21.1 Å². The number of hydrogen-bond donors (Lipinski definition) is 3. The molecule has 3 N–H and O–H groups in total. The number of anilines is 1. The summed E-state index contributed by atoms with van der Waals surface area (Å²) in [5, 5.41) is 3.41. The van der Waals surface area contributed by atoms with Crippen molar-refractivity contribution in [3.05, 3.63) is 30.3 Å². The molecule has 3 fully saturated rings. The van der Waals surface area contributed by atoms with Gasteiger partial charge in [-0.15, -0.1) is 0 Å². The Kier molecular flexibility index (Phi) is 4.20. The van der Waals surface area contributed by atoms with Gasteiger partial charge in [0.1, 0.15) is 6.04 Å². The number of amides is 1. The molecule has 3 unspecified atom stereocenters. The molecule has 0 radical (unpaired) electrons. The van der Waals surface area contributed by atoms with Crippen molar-refractivity contribution in [3.63, 3.8) is 0 Å². The third-order valence-electron chi connectivity index (χ3n) is 5.36. The van der Waals surface area contributed by atoms with Gasteiger partial charge < -0.3 is 15.1 Å². The number of para-hydroxylation sites is 1. The van der Waals surface area contributed by atoms with Crippen LogP contribution in [0.4, 0.5) is 5.69 Å². The van der Waals surface area contributed by atoms with Gasteiger partial charge in [-0.1, -0.05) is 18.2 Å². The Morgan fingerprint density at radius 1 is 1.04 bits per heavy atom. The molecule has 1 aromatic rings. The second-order valence-corrected chi connectivity index (χ2v) is 6.68.